The van der Waals surface area contributed by atoms with E-state index >= 15 is 0 Å². The summed E-state index contributed by atoms with van der Waals surface area (Å²) in [5.74, 6) is 0. The minimum atomic E-state index is -4.37. The Balaban J connectivity index is 1.62. The zero-order valence-corrected chi connectivity index (χ0v) is 18.4. The number of rotatable bonds is 4. The fourth-order valence-electron chi connectivity index (χ4n) is 4.31. The van der Waals surface area contributed by atoms with Gasteiger partial charge in [-0.1, -0.05) is 42.0 Å². The van der Waals surface area contributed by atoms with Gasteiger partial charge in [-0.3, -0.25) is 4.90 Å². The lowest BCUT2D eigenvalue weighted by Gasteiger charge is -2.27. The number of hydrogen-bond donors (Lipinski definition) is 1. The summed E-state index contributed by atoms with van der Waals surface area (Å²) in [6.07, 6.45) is -2.46. The first-order valence-electron chi connectivity index (χ1n) is 11.1. The topological polar surface area (TPSA) is 32.6 Å². The monoisotopic (exact) mass is 450 g/mol. The van der Waals surface area contributed by atoms with Crippen molar-refractivity contribution in [2.45, 2.75) is 19.6 Å². The van der Waals surface area contributed by atoms with E-state index in [0.29, 0.717) is 5.56 Å². The zero-order valence-electron chi connectivity index (χ0n) is 18.4. The van der Waals surface area contributed by atoms with E-state index in [9.17, 15) is 13.2 Å². The molecule has 1 N–H and O–H groups in total. The van der Waals surface area contributed by atoms with Gasteiger partial charge in [0.05, 0.1) is 17.0 Å². The minimum absolute atomic E-state index is 0.533. The highest BCUT2D eigenvalue weighted by Gasteiger charge is 2.30. The maximum atomic E-state index is 13.3. The summed E-state index contributed by atoms with van der Waals surface area (Å²) in [7, 11) is 0. The number of nitrogens with zero attached hydrogens (tertiary/aromatic N) is 3. The second kappa shape index (κ2) is 8.65. The Morgan fingerprint density at radius 3 is 2.36 bits per heavy atom. The Labute approximate surface area is 190 Å². The average Bonchev–Trinajstić information content (AvgIpc) is 3.17. The lowest BCUT2D eigenvalue weighted by atomic mass is 10.0. The lowest BCUT2D eigenvalue weighted by molar-refractivity contribution is -0.137. The minimum Gasteiger partial charge on any atom is -0.314 e. The molecule has 1 saturated heterocycles. The van der Waals surface area contributed by atoms with Crippen LogP contribution in [0.3, 0.4) is 0 Å². The number of fused-ring (bicyclic) bond motifs is 1. The Morgan fingerprint density at radius 1 is 0.909 bits per heavy atom. The number of alkyl halides is 3. The van der Waals surface area contributed by atoms with Gasteiger partial charge < -0.3 is 9.72 Å². The van der Waals surface area contributed by atoms with Crippen molar-refractivity contribution < 1.29 is 13.2 Å². The second-order valence-corrected chi connectivity index (χ2v) is 8.52. The van der Waals surface area contributed by atoms with Crippen LogP contribution >= 0.6 is 0 Å². The normalized spacial score (nSPS) is 15.3. The zero-order chi connectivity index (χ0) is 23.0. The molecule has 5 rings (SSSR count). The quantitative estimate of drug-likeness (QED) is 0.452. The predicted octanol–water partition coefficient (Wildman–Crippen LogP) is 5.40. The molecule has 2 aromatic carbocycles. The molecule has 4 nitrogen and oxygen atoms in total. The first-order chi connectivity index (χ1) is 15.9. The van der Waals surface area contributed by atoms with E-state index in [-0.39, 0.29) is 0 Å². The molecule has 170 valence electrons. The van der Waals surface area contributed by atoms with Gasteiger partial charge in [-0.15, -0.1) is 0 Å². The fourth-order valence-corrected chi connectivity index (χ4v) is 4.31. The number of hydrogen-bond acceptors (Lipinski definition) is 3. The molecule has 1 aliphatic rings. The molecule has 0 radical (unpaired) electrons. The van der Waals surface area contributed by atoms with Crippen LogP contribution in [0.1, 0.15) is 16.8 Å². The maximum Gasteiger partial charge on any atom is 0.416 e. The molecule has 4 aromatic rings. The van der Waals surface area contributed by atoms with Crippen LogP contribution in [0.5, 0.6) is 0 Å². The van der Waals surface area contributed by atoms with Crippen molar-refractivity contribution in [3.63, 3.8) is 0 Å². The van der Waals surface area contributed by atoms with E-state index < -0.39 is 11.7 Å². The second-order valence-electron chi connectivity index (χ2n) is 8.52. The number of pyridine rings is 1. The van der Waals surface area contributed by atoms with Crippen molar-refractivity contribution in [3.8, 4) is 22.4 Å². The van der Waals surface area contributed by atoms with Gasteiger partial charge in [0, 0.05) is 44.5 Å². The number of aromatic nitrogens is 2. The third-order valence-corrected chi connectivity index (χ3v) is 6.15. The number of imidazole rings is 1. The van der Waals surface area contributed by atoms with E-state index in [1.807, 2.05) is 22.7 Å². The third-order valence-electron chi connectivity index (χ3n) is 6.15. The van der Waals surface area contributed by atoms with Gasteiger partial charge in [-0.25, -0.2) is 4.98 Å². The highest BCUT2D eigenvalue weighted by molar-refractivity contribution is 5.70. The third kappa shape index (κ3) is 4.51. The number of halogens is 3. The average molecular weight is 451 g/mol. The van der Waals surface area contributed by atoms with Gasteiger partial charge in [-0.05, 0) is 42.3 Å². The molecule has 33 heavy (non-hydrogen) atoms. The van der Waals surface area contributed by atoms with Crippen LogP contribution in [0, 0.1) is 6.92 Å². The number of benzene rings is 2. The largest absolute Gasteiger partial charge is 0.416 e. The molecule has 1 fully saturated rings. The van der Waals surface area contributed by atoms with Gasteiger partial charge >= 0.3 is 6.18 Å². The van der Waals surface area contributed by atoms with Crippen molar-refractivity contribution in [2.24, 2.45) is 0 Å². The van der Waals surface area contributed by atoms with Crippen LogP contribution in [-0.4, -0.2) is 40.5 Å². The molecular formula is C26H25F3N4. The van der Waals surface area contributed by atoms with Crippen LogP contribution in [0.15, 0.2) is 66.9 Å². The molecule has 7 heteroatoms. The molecule has 1 aliphatic heterocycles. The number of piperazine rings is 1. The van der Waals surface area contributed by atoms with Crippen LogP contribution in [-0.2, 0) is 12.7 Å². The molecule has 0 saturated carbocycles. The Kier molecular flexibility index (Phi) is 5.68. The molecule has 3 heterocycles. The van der Waals surface area contributed by atoms with Crippen molar-refractivity contribution in [3.05, 3.63) is 83.7 Å². The lowest BCUT2D eigenvalue weighted by Crippen LogP contribution is -2.43. The highest BCUT2D eigenvalue weighted by Crippen LogP contribution is 2.33. The molecule has 0 atom stereocenters. The Bertz CT molecular complexity index is 1270. The van der Waals surface area contributed by atoms with Crippen molar-refractivity contribution >= 4 is 5.65 Å². The van der Waals surface area contributed by atoms with E-state index in [1.165, 1.54) is 17.7 Å². The van der Waals surface area contributed by atoms with Gasteiger partial charge in [0.1, 0.15) is 5.65 Å². The molecule has 0 unspecified atom stereocenters. The van der Waals surface area contributed by atoms with Crippen LogP contribution in [0.25, 0.3) is 28.0 Å². The summed E-state index contributed by atoms with van der Waals surface area (Å²) < 4.78 is 41.8. The van der Waals surface area contributed by atoms with Crippen LogP contribution < -0.4 is 5.32 Å². The first kappa shape index (κ1) is 21.7. The summed E-state index contributed by atoms with van der Waals surface area (Å²) in [6.45, 7) is 6.52. The van der Waals surface area contributed by atoms with Gasteiger partial charge in [0.15, 0.2) is 0 Å². The molecule has 0 aliphatic carbocycles. The van der Waals surface area contributed by atoms with Gasteiger partial charge in [0.25, 0.3) is 0 Å². The van der Waals surface area contributed by atoms with Crippen LogP contribution in [0.4, 0.5) is 13.2 Å². The molecule has 2 aromatic heterocycles. The van der Waals surface area contributed by atoms with E-state index in [0.717, 1.165) is 67.0 Å². The highest BCUT2D eigenvalue weighted by atomic mass is 19.4. The predicted molar refractivity (Wildman–Crippen MR) is 124 cm³/mol. The maximum absolute atomic E-state index is 13.3. The summed E-state index contributed by atoms with van der Waals surface area (Å²) >= 11 is 0. The molecule has 0 bridgehead atoms. The first-order valence-corrected chi connectivity index (χ1v) is 11.1. The fraction of sp³-hybridized carbons (Fsp3) is 0.269. The van der Waals surface area contributed by atoms with E-state index in [2.05, 4.69) is 41.4 Å². The Hall–Kier alpha value is -3.16. The van der Waals surface area contributed by atoms with E-state index in [4.69, 9.17) is 4.98 Å². The molecule has 0 amide bonds. The van der Waals surface area contributed by atoms with Crippen molar-refractivity contribution in [2.75, 3.05) is 26.2 Å². The number of aryl methyl sites for hydroxylation is 1. The van der Waals surface area contributed by atoms with E-state index in [1.54, 1.807) is 6.07 Å². The SMILES string of the molecule is Cc1ccc(-c2nc3ccc(-c4cccc(C(F)(F)F)c4)cn3c2CN2CCNCC2)cc1. The van der Waals surface area contributed by atoms with Crippen molar-refractivity contribution in [1.29, 1.82) is 0 Å². The summed E-state index contributed by atoms with van der Waals surface area (Å²) in [6, 6.07) is 17.5. The molecular weight excluding hydrogens is 425 g/mol. The molecule has 0 spiro atoms. The summed E-state index contributed by atoms with van der Waals surface area (Å²) in [5, 5.41) is 3.38. The van der Waals surface area contributed by atoms with Crippen LogP contribution in [0.2, 0.25) is 0 Å². The summed E-state index contributed by atoms with van der Waals surface area (Å²) in [4.78, 5) is 7.29. The van der Waals surface area contributed by atoms with Gasteiger partial charge in [-0.2, -0.15) is 13.2 Å². The Morgan fingerprint density at radius 2 is 1.64 bits per heavy atom. The number of nitrogens with one attached hydrogen (secondary N) is 1. The summed E-state index contributed by atoms with van der Waals surface area (Å²) in [5.41, 5.74) is 5.57. The van der Waals surface area contributed by atoms with Crippen molar-refractivity contribution in [1.82, 2.24) is 19.6 Å². The smallest absolute Gasteiger partial charge is 0.314 e. The van der Waals surface area contributed by atoms with Gasteiger partial charge in [0.2, 0.25) is 0 Å². The standard InChI is InChI=1S/C26H25F3N4/c1-18-5-7-19(8-6-18)25-23(17-32-13-11-30-12-14-32)33-16-21(9-10-24(33)31-25)20-3-2-4-22(15-20)26(27,28)29/h2-10,15-16,30H,11-14,17H2,1H3.